The van der Waals surface area contributed by atoms with Crippen LogP contribution in [0.15, 0.2) is 12.3 Å². The van der Waals surface area contributed by atoms with E-state index in [0.717, 1.165) is 24.5 Å². The molecule has 0 saturated carbocycles. The molecular formula is C12H18N4O. The van der Waals surface area contributed by atoms with Crippen LogP contribution in [-0.4, -0.2) is 37.3 Å². The van der Waals surface area contributed by atoms with Gasteiger partial charge < -0.3 is 20.7 Å². The molecule has 2 aliphatic rings. The number of nitrogens with two attached hydrogens (primary N) is 1. The van der Waals surface area contributed by atoms with E-state index >= 15 is 0 Å². The lowest BCUT2D eigenvalue weighted by atomic mass is 10.2. The third kappa shape index (κ3) is 1.91. The lowest BCUT2D eigenvalue weighted by Crippen LogP contribution is -2.51. The summed E-state index contributed by atoms with van der Waals surface area (Å²) in [5, 5.41) is 3.61. The minimum Gasteiger partial charge on any atom is -0.494 e. The van der Waals surface area contributed by atoms with E-state index in [4.69, 9.17) is 10.5 Å². The molecule has 2 unspecified atom stereocenters. The molecule has 0 amide bonds. The zero-order valence-corrected chi connectivity index (χ0v) is 10.0. The fourth-order valence-corrected chi connectivity index (χ4v) is 2.84. The van der Waals surface area contributed by atoms with Crippen LogP contribution in [0, 0.1) is 0 Å². The average Bonchev–Trinajstić information content (AvgIpc) is 2.68. The lowest BCUT2D eigenvalue weighted by Gasteiger charge is -2.35. The molecule has 3 heterocycles. The van der Waals surface area contributed by atoms with Gasteiger partial charge in [-0.1, -0.05) is 0 Å². The van der Waals surface area contributed by atoms with Gasteiger partial charge in [0.25, 0.3) is 0 Å². The van der Waals surface area contributed by atoms with Gasteiger partial charge in [-0.2, -0.15) is 0 Å². The summed E-state index contributed by atoms with van der Waals surface area (Å²) in [7, 11) is 1.68. The molecule has 92 valence electrons. The summed E-state index contributed by atoms with van der Waals surface area (Å²) < 4.78 is 5.39. The van der Waals surface area contributed by atoms with Crippen molar-refractivity contribution in [3.63, 3.8) is 0 Å². The van der Waals surface area contributed by atoms with Gasteiger partial charge >= 0.3 is 0 Å². The highest BCUT2D eigenvalue weighted by Crippen LogP contribution is 2.32. The topological polar surface area (TPSA) is 63.4 Å². The van der Waals surface area contributed by atoms with Crippen LogP contribution >= 0.6 is 0 Å². The smallest absolute Gasteiger partial charge is 0.147 e. The number of nitrogens with one attached hydrogen (secondary N) is 1. The average molecular weight is 234 g/mol. The van der Waals surface area contributed by atoms with Crippen molar-refractivity contribution in [3.8, 4) is 5.75 Å². The summed E-state index contributed by atoms with van der Waals surface area (Å²) in [6.45, 7) is 2.05. The van der Waals surface area contributed by atoms with Crippen molar-refractivity contribution in [1.29, 1.82) is 0 Å². The van der Waals surface area contributed by atoms with E-state index < -0.39 is 0 Å². The molecule has 5 heteroatoms. The number of rotatable bonds is 2. The third-order valence-corrected chi connectivity index (χ3v) is 3.64. The monoisotopic (exact) mass is 234 g/mol. The molecule has 0 aromatic carbocycles. The highest BCUT2D eigenvalue weighted by Gasteiger charge is 2.33. The molecule has 2 saturated heterocycles. The predicted molar refractivity (Wildman–Crippen MR) is 67.4 cm³/mol. The predicted octanol–water partition coefficient (Wildman–Crippen LogP) is 0.613. The summed E-state index contributed by atoms with van der Waals surface area (Å²) in [5.74, 6) is 1.32. The maximum Gasteiger partial charge on any atom is 0.147 e. The number of hydrogen-bond donors (Lipinski definition) is 2. The highest BCUT2D eigenvalue weighted by molar-refractivity contribution is 5.61. The number of pyridine rings is 1. The van der Waals surface area contributed by atoms with Crippen molar-refractivity contribution in [1.82, 2.24) is 10.3 Å². The molecule has 17 heavy (non-hydrogen) atoms. The Bertz CT molecular complexity index is 411. The SMILES string of the molecule is COc1cc(N)ncc1N1CC2CCC(C1)N2. The maximum atomic E-state index is 5.68. The Kier molecular flexibility index (Phi) is 2.55. The van der Waals surface area contributed by atoms with Gasteiger partial charge in [0.05, 0.1) is 19.0 Å². The van der Waals surface area contributed by atoms with E-state index in [1.807, 2.05) is 6.20 Å². The summed E-state index contributed by atoms with van der Waals surface area (Å²) in [5.41, 5.74) is 6.73. The number of nitrogen functional groups attached to an aromatic ring is 1. The van der Waals surface area contributed by atoms with Gasteiger partial charge in [-0.3, -0.25) is 0 Å². The summed E-state index contributed by atoms with van der Waals surface area (Å²) in [4.78, 5) is 6.52. The lowest BCUT2D eigenvalue weighted by molar-refractivity contribution is 0.407. The number of ether oxygens (including phenoxy) is 1. The second kappa shape index (κ2) is 4.07. The van der Waals surface area contributed by atoms with Gasteiger partial charge in [0.1, 0.15) is 11.6 Å². The van der Waals surface area contributed by atoms with Crippen LogP contribution < -0.4 is 20.7 Å². The van der Waals surface area contributed by atoms with E-state index in [9.17, 15) is 0 Å². The maximum absolute atomic E-state index is 5.68. The normalized spacial score (nSPS) is 27.2. The van der Waals surface area contributed by atoms with Crippen LogP contribution in [0.4, 0.5) is 11.5 Å². The Morgan fingerprint density at radius 3 is 2.76 bits per heavy atom. The fourth-order valence-electron chi connectivity index (χ4n) is 2.84. The van der Waals surface area contributed by atoms with Crippen molar-refractivity contribution in [2.75, 3.05) is 30.8 Å². The Hall–Kier alpha value is -1.49. The molecular weight excluding hydrogens is 216 g/mol. The molecule has 0 spiro atoms. The highest BCUT2D eigenvalue weighted by atomic mass is 16.5. The van der Waals surface area contributed by atoms with Crippen LogP contribution in [0.3, 0.4) is 0 Å². The van der Waals surface area contributed by atoms with Crippen LogP contribution in [0.25, 0.3) is 0 Å². The van der Waals surface area contributed by atoms with Crippen molar-refractivity contribution >= 4 is 11.5 Å². The summed E-state index contributed by atoms with van der Waals surface area (Å²) in [6, 6.07) is 3.01. The molecule has 0 aliphatic carbocycles. The Morgan fingerprint density at radius 1 is 1.41 bits per heavy atom. The zero-order chi connectivity index (χ0) is 11.8. The second-order valence-corrected chi connectivity index (χ2v) is 4.82. The second-order valence-electron chi connectivity index (χ2n) is 4.82. The van der Waals surface area contributed by atoms with E-state index in [1.54, 1.807) is 13.2 Å². The van der Waals surface area contributed by atoms with Crippen LogP contribution in [0.2, 0.25) is 0 Å². The fraction of sp³-hybridized carbons (Fsp3) is 0.583. The van der Waals surface area contributed by atoms with Crippen molar-refractivity contribution in [2.24, 2.45) is 0 Å². The Labute approximate surface area is 101 Å². The van der Waals surface area contributed by atoms with Crippen molar-refractivity contribution in [3.05, 3.63) is 12.3 Å². The molecule has 2 aliphatic heterocycles. The third-order valence-electron chi connectivity index (χ3n) is 3.64. The first-order valence-electron chi connectivity index (χ1n) is 6.07. The number of fused-ring (bicyclic) bond motifs is 2. The number of nitrogens with zero attached hydrogens (tertiary/aromatic N) is 2. The molecule has 5 nitrogen and oxygen atoms in total. The standard InChI is InChI=1S/C12H18N4O/c1-17-11-4-12(13)14-5-10(11)16-6-8-2-3-9(7-16)15-8/h4-5,8-9,15H,2-3,6-7H2,1H3,(H2,13,14). The van der Waals surface area contributed by atoms with E-state index in [2.05, 4.69) is 15.2 Å². The van der Waals surface area contributed by atoms with E-state index in [1.165, 1.54) is 12.8 Å². The first kappa shape index (κ1) is 10.7. The number of hydrogen-bond acceptors (Lipinski definition) is 5. The Morgan fingerprint density at radius 2 is 2.12 bits per heavy atom. The molecule has 2 atom stereocenters. The van der Waals surface area contributed by atoms with Gasteiger partial charge in [-0.15, -0.1) is 0 Å². The molecule has 1 aromatic rings. The van der Waals surface area contributed by atoms with Gasteiger partial charge in [0.2, 0.25) is 0 Å². The molecule has 0 radical (unpaired) electrons. The van der Waals surface area contributed by atoms with Crippen molar-refractivity contribution in [2.45, 2.75) is 24.9 Å². The minimum absolute atomic E-state index is 0.503. The van der Waals surface area contributed by atoms with Crippen LogP contribution in [0.1, 0.15) is 12.8 Å². The van der Waals surface area contributed by atoms with E-state index in [-0.39, 0.29) is 0 Å². The first-order valence-corrected chi connectivity index (χ1v) is 6.07. The summed E-state index contributed by atoms with van der Waals surface area (Å²) >= 11 is 0. The van der Waals surface area contributed by atoms with Crippen molar-refractivity contribution < 1.29 is 4.74 Å². The number of piperazine rings is 1. The number of methoxy groups -OCH3 is 1. The zero-order valence-electron chi connectivity index (χ0n) is 10.0. The van der Waals surface area contributed by atoms with Crippen LogP contribution in [-0.2, 0) is 0 Å². The quantitative estimate of drug-likeness (QED) is 0.785. The molecule has 1 aromatic heterocycles. The Balaban J connectivity index is 1.88. The van der Waals surface area contributed by atoms with Crippen LogP contribution in [0.5, 0.6) is 5.75 Å². The van der Waals surface area contributed by atoms with Gasteiger partial charge in [-0.25, -0.2) is 4.98 Å². The van der Waals surface area contributed by atoms with Gasteiger partial charge in [-0.05, 0) is 12.8 Å². The molecule has 3 rings (SSSR count). The summed E-state index contributed by atoms with van der Waals surface area (Å²) in [6.07, 6.45) is 4.36. The molecule has 2 bridgehead atoms. The molecule has 3 N–H and O–H groups in total. The van der Waals surface area contributed by atoms with E-state index in [0.29, 0.717) is 17.9 Å². The molecule has 2 fully saturated rings. The van der Waals surface area contributed by atoms with Gasteiger partial charge in [0.15, 0.2) is 0 Å². The van der Waals surface area contributed by atoms with Gasteiger partial charge in [0, 0.05) is 31.2 Å². The largest absolute Gasteiger partial charge is 0.494 e. The number of aromatic nitrogens is 1. The number of anilines is 2. The minimum atomic E-state index is 0.503. The first-order chi connectivity index (χ1) is 8.26.